The van der Waals surface area contributed by atoms with Gasteiger partial charge in [0.05, 0.1) is 12.2 Å². The summed E-state index contributed by atoms with van der Waals surface area (Å²) in [6.07, 6.45) is -3.46. The molecule has 0 unspecified atom stereocenters. The molecule has 0 radical (unpaired) electrons. The zero-order valence-corrected chi connectivity index (χ0v) is 21.0. The highest BCUT2D eigenvalue weighted by molar-refractivity contribution is 6.30. The van der Waals surface area contributed by atoms with E-state index in [4.69, 9.17) is 26.0 Å². The minimum atomic E-state index is -4.64. The highest BCUT2D eigenvalue weighted by Gasteiger charge is 2.39. The summed E-state index contributed by atoms with van der Waals surface area (Å²) in [6.45, 7) is 1.27. The van der Waals surface area contributed by atoms with Crippen molar-refractivity contribution >= 4 is 17.8 Å². The fraction of sp³-hybridized carbons (Fsp3) is 0.423. The smallest absolute Gasteiger partial charge is 0.450 e. The van der Waals surface area contributed by atoms with Crippen molar-refractivity contribution < 1.29 is 37.1 Å². The van der Waals surface area contributed by atoms with E-state index in [-0.39, 0.29) is 35.8 Å². The molecule has 2 heterocycles. The number of ether oxygens (including phenoxy) is 2. The number of carbonyl (C=O) groups is 1. The van der Waals surface area contributed by atoms with Gasteiger partial charge in [-0.1, -0.05) is 47.4 Å². The standard InChI is InChI=1S/C26H25ClF3N3O5/c27-18-5-3-17(4-6-18)25(8-1-9-25)15-36-14-22-31-23(32-38-22)20-7-2-16(10-21(20)26(28,29)30)11-33-12-19(13-33)37-24(34)35/h2-7,10,19H,1,8-9,11-15H2,(H,34,35). The van der Waals surface area contributed by atoms with Crippen LogP contribution in [-0.2, 0) is 34.2 Å². The Hall–Kier alpha value is -3.15. The van der Waals surface area contributed by atoms with Crippen molar-refractivity contribution in [2.45, 2.75) is 50.1 Å². The summed E-state index contributed by atoms with van der Waals surface area (Å²) in [7, 11) is 0. The van der Waals surface area contributed by atoms with E-state index in [9.17, 15) is 18.0 Å². The third kappa shape index (κ3) is 5.79. The Morgan fingerprint density at radius 3 is 2.55 bits per heavy atom. The third-order valence-corrected chi connectivity index (χ3v) is 7.32. The van der Waals surface area contributed by atoms with Gasteiger partial charge in [-0.25, -0.2) is 4.79 Å². The van der Waals surface area contributed by atoms with E-state index in [1.165, 1.54) is 6.07 Å². The summed E-state index contributed by atoms with van der Waals surface area (Å²) in [6, 6.07) is 11.6. The highest BCUT2D eigenvalue weighted by atomic mass is 35.5. The van der Waals surface area contributed by atoms with Crippen LogP contribution in [-0.4, -0.2) is 52.1 Å². The number of likely N-dealkylation sites (tertiary alicyclic amines) is 1. The first-order chi connectivity index (χ1) is 18.1. The first kappa shape index (κ1) is 26.5. The fourth-order valence-electron chi connectivity index (χ4n) is 4.93. The van der Waals surface area contributed by atoms with Crippen LogP contribution in [0.4, 0.5) is 18.0 Å². The van der Waals surface area contributed by atoms with Crippen LogP contribution in [0.2, 0.25) is 5.02 Å². The lowest BCUT2D eigenvalue weighted by molar-refractivity contribution is -0.137. The minimum Gasteiger partial charge on any atom is -0.450 e. The van der Waals surface area contributed by atoms with Gasteiger partial charge in [-0.2, -0.15) is 18.2 Å². The Labute approximate surface area is 221 Å². The topological polar surface area (TPSA) is 97.9 Å². The predicted molar refractivity (Wildman–Crippen MR) is 130 cm³/mol. The number of aromatic nitrogens is 2. The summed E-state index contributed by atoms with van der Waals surface area (Å²) in [5.74, 6) is -0.0785. The van der Waals surface area contributed by atoms with Crippen molar-refractivity contribution in [2.24, 2.45) is 0 Å². The van der Waals surface area contributed by atoms with Crippen LogP contribution < -0.4 is 0 Å². The molecule has 1 saturated heterocycles. The Morgan fingerprint density at radius 1 is 1.18 bits per heavy atom. The summed E-state index contributed by atoms with van der Waals surface area (Å²) in [5, 5.41) is 13.1. The molecule has 1 N–H and O–H groups in total. The quantitative estimate of drug-likeness (QED) is 0.327. The lowest BCUT2D eigenvalue weighted by atomic mass is 9.65. The second-order valence-electron chi connectivity index (χ2n) is 9.72. The third-order valence-electron chi connectivity index (χ3n) is 7.07. The van der Waals surface area contributed by atoms with Gasteiger partial charge in [0, 0.05) is 35.6 Å². The number of hydrogen-bond acceptors (Lipinski definition) is 7. The Bertz CT molecular complexity index is 1290. The molecule has 2 aromatic carbocycles. The predicted octanol–water partition coefficient (Wildman–Crippen LogP) is 5.93. The molecule has 1 aromatic heterocycles. The molecular weight excluding hydrogens is 527 g/mol. The zero-order valence-electron chi connectivity index (χ0n) is 20.2. The average Bonchev–Trinajstić information content (AvgIpc) is 3.28. The maximum Gasteiger partial charge on any atom is 0.506 e. The van der Waals surface area contributed by atoms with Crippen LogP contribution in [0.1, 0.15) is 41.8 Å². The van der Waals surface area contributed by atoms with Crippen molar-refractivity contribution in [3.63, 3.8) is 0 Å². The summed E-state index contributed by atoms with van der Waals surface area (Å²) < 4.78 is 57.4. The lowest BCUT2D eigenvalue weighted by Gasteiger charge is -2.42. The van der Waals surface area contributed by atoms with Gasteiger partial charge in [0.2, 0.25) is 5.82 Å². The van der Waals surface area contributed by atoms with Crippen LogP contribution in [0, 0.1) is 0 Å². The molecule has 0 bridgehead atoms. The molecule has 38 heavy (non-hydrogen) atoms. The van der Waals surface area contributed by atoms with Crippen LogP contribution in [0.25, 0.3) is 11.4 Å². The van der Waals surface area contributed by atoms with Gasteiger partial charge < -0.3 is 19.1 Å². The SMILES string of the molecule is O=C(O)OC1CN(Cc2ccc(-c3noc(COCC4(c5ccc(Cl)cc5)CCC4)n3)c(C(F)(F)F)c2)C1. The number of benzene rings is 2. The molecule has 8 nitrogen and oxygen atoms in total. The van der Waals surface area contributed by atoms with E-state index >= 15 is 0 Å². The zero-order chi connectivity index (χ0) is 26.9. The molecule has 5 rings (SSSR count). The molecule has 0 spiro atoms. The van der Waals surface area contributed by atoms with E-state index in [1.54, 1.807) is 11.0 Å². The second kappa shape index (κ2) is 10.5. The number of alkyl halides is 3. The molecule has 202 valence electrons. The van der Waals surface area contributed by atoms with Crippen LogP contribution >= 0.6 is 11.6 Å². The molecule has 2 aliphatic rings. The lowest BCUT2D eigenvalue weighted by Crippen LogP contribution is -2.52. The largest absolute Gasteiger partial charge is 0.506 e. The Kier molecular flexibility index (Phi) is 7.34. The van der Waals surface area contributed by atoms with Gasteiger partial charge in [0.15, 0.2) is 0 Å². The van der Waals surface area contributed by atoms with E-state index in [0.717, 1.165) is 30.9 Å². The fourth-order valence-corrected chi connectivity index (χ4v) is 5.05. The highest BCUT2D eigenvalue weighted by Crippen LogP contribution is 2.44. The van der Waals surface area contributed by atoms with Gasteiger partial charge >= 0.3 is 12.3 Å². The molecule has 1 aliphatic carbocycles. The number of halogens is 4. The molecule has 12 heteroatoms. The van der Waals surface area contributed by atoms with E-state index in [1.807, 2.05) is 24.3 Å². The van der Waals surface area contributed by atoms with Gasteiger partial charge in [0.1, 0.15) is 12.7 Å². The number of nitrogens with zero attached hydrogens (tertiary/aromatic N) is 3. The monoisotopic (exact) mass is 551 g/mol. The van der Waals surface area contributed by atoms with E-state index in [0.29, 0.717) is 30.3 Å². The molecule has 1 saturated carbocycles. The molecule has 3 aromatic rings. The van der Waals surface area contributed by atoms with Crippen molar-refractivity contribution in [2.75, 3.05) is 19.7 Å². The average molecular weight is 552 g/mol. The number of carboxylic acid groups (broad SMARTS) is 1. The van der Waals surface area contributed by atoms with Gasteiger partial charge in [-0.3, -0.25) is 4.90 Å². The molecule has 0 amide bonds. The Morgan fingerprint density at radius 2 is 1.92 bits per heavy atom. The van der Waals surface area contributed by atoms with Gasteiger partial charge in [-0.15, -0.1) is 0 Å². The van der Waals surface area contributed by atoms with Crippen molar-refractivity contribution in [1.82, 2.24) is 15.0 Å². The molecule has 2 fully saturated rings. The van der Waals surface area contributed by atoms with Crippen molar-refractivity contribution in [3.05, 3.63) is 70.1 Å². The van der Waals surface area contributed by atoms with E-state index < -0.39 is 24.0 Å². The van der Waals surface area contributed by atoms with Crippen LogP contribution in [0.3, 0.4) is 0 Å². The van der Waals surface area contributed by atoms with Crippen molar-refractivity contribution in [1.29, 1.82) is 0 Å². The summed E-state index contributed by atoms with van der Waals surface area (Å²) in [5.41, 5.74) is 0.373. The Balaban J connectivity index is 1.23. The first-order valence-corrected chi connectivity index (χ1v) is 12.5. The normalized spacial score (nSPS) is 17.6. The maximum atomic E-state index is 13.9. The number of rotatable bonds is 9. The maximum absolute atomic E-state index is 13.9. The van der Waals surface area contributed by atoms with Crippen LogP contribution in [0.15, 0.2) is 47.0 Å². The van der Waals surface area contributed by atoms with Crippen molar-refractivity contribution in [3.8, 4) is 11.4 Å². The van der Waals surface area contributed by atoms with Crippen LogP contribution in [0.5, 0.6) is 0 Å². The number of hydrogen-bond donors (Lipinski definition) is 1. The second-order valence-corrected chi connectivity index (χ2v) is 10.2. The first-order valence-electron chi connectivity index (χ1n) is 12.1. The summed E-state index contributed by atoms with van der Waals surface area (Å²) >= 11 is 6.01. The molecule has 1 aliphatic heterocycles. The summed E-state index contributed by atoms with van der Waals surface area (Å²) in [4.78, 5) is 16.5. The molecule has 0 atom stereocenters. The minimum absolute atomic E-state index is 0.0175. The van der Waals surface area contributed by atoms with E-state index in [2.05, 4.69) is 14.9 Å². The van der Waals surface area contributed by atoms with Gasteiger partial charge in [0.25, 0.3) is 5.89 Å². The van der Waals surface area contributed by atoms with Gasteiger partial charge in [-0.05, 0) is 42.2 Å². The molecular formula is C26H25ClF3N3O5.